The molecule has 0 aliphatic carbocycles. The molecule has 0 aliphatic heterocycles. The zero-order valence-electron chi connectivity index (χ0n) is 10.4. The number of quaternary nitrogens is 1. The molecule has 0 fully saturated rings. The maximum Gasteiger partial charge on any atom is 0.258 e. The average Bonchev–Trinajstić information content (AvgIpc) is 2.27. The quantitative estimate of drug-likeness (QED) is 0.808. The maximum atomic E-state index is 11.5. The normalized spacial score (nSPS) is 10.5. The van der Waals surface area contributed by atoms with Crippen molar-refractivity contribution < 1.29 is 14.4 Å². The molecule has 0 heterocycles. The van der Waals surface area contributed by atoms with Gasteiger partial charge in [-0.05, 0) is 18.2 Å². The Morgan fingerprint density at radius 3 is 2.72 bits per heavy atom. The van der Waals surface area contributed by atoms with Crippen molar-refractivity contribution in [3.63, 3.8) is 0 Å². The van der Waals surface area contributed by atoms with Gasteiger partial charge in [0.1, 0.15) is 5.75 Å². The number of carbonyl (C=O) groups excluding carboxylic acids is 1. The number of hydrogen-bond acceptors (Lipinski definition) is 2. The van der Waals surface area contributed by atoms with Crippen molar-refractivity contribution in [3.8, 4) is 5.75 Å². The molecule has 0 atom stereocenters. The Labute approximate surface area is 117 Å². The van der Waals surface area contributed by atoms with Crippen LogP contribution in [-0.4, -0.2) is 39.7 Å². The molecule has 1 aromatic rings. The third-order valence-corrected chi connectivity index (χ3v) is 2.73. The van der Waals surface area contributed by atoms with Crippen LogP contribution in [0.25, 0.3) is 0 Å². The lowest BCUT2D eigenvalue weighted by Gasteiger charge is -2.10. The smallest absolute Gasteiger partial charge is 0.258 e. The second-order valence-electron chi connectivity index (χ2n) is 4.17. The van der Waals surface area contributed by atoms with E-state index in [-0.39, 0.29) is 12.5 Å². The molecule has 0 saturated heterocycles. The molecule has 0 aliphatic rings. The molecule has 4 nitrogen and oxygen atoms in total. The second kappa shape index (κ2) is 7.46. The number of amides is 1. The summed E-state index contributed by atoms with van der Waals surface area (Å²) in [5.41, 5.74) is 0. The fraction of sp³-hybridized carbons (Fsp3) is 0.417. The van der Waals surface area contributed by atoms with Crippen LogP contribution < -0.4 is 15.0 Å². The van der Waals surface area contributed by atoms with E-state index in [1.807, 2.05) is 14.1 Å². The summed E-state index contributed by atoms with van der Waals surface area (Å²) in [6, 6.07) is 4.88. The molecule has 0 radical (unpaired) electrons. The molecule has 1 rings (SSSR count). The van der Waals surface area contributed by atoms with E-state index in [2.05, 4.69) is 5.32 Å². The van der Waals surface area contributed by atoms with Gasteiger partial charge >= 0.3 is 0 Å². The highest BCUT2D eigenvalue weighted by Gasteiger charge is 2.06. The summed E-state index contributed by atoms with van der Waals surface area (Å²) in [6.45, 7) is 1.44. The first-order chi connectivity index (χ1) is 8.49. The van der Waals surface area contributed by atoms with E-state index in [0.29, 0.717) is 22.3 Å². The van der Waals surface area contributed by atoms with Gasteiger partial charge in [-0.25, -0.2) is 0 Å². The lowest BCUT2D eigenvalue weighted by Crippen LogP contribution is -3.06. The molecule has 0 aromatic heterocycles. The minimum atomic E-state index is -0.165. The summed E-state index contributed by atoms with van der Waals surface area (Å²) in [5, 5.41) is 3.69. The van der Waals surface area contributed by atoms with Gasteiger partial charge in [-0.15, -0.1) is 0 Å². The Kier molecular flexibility index (Phi) is 6.25. The van der Waals surface area contributed by atoms with Crippen molar-refractivity contribution >= 4 is 29.1 Å². The highest BCUT2D eigenvalue weighted by atomic mass is 35.5. The summed E-state index contributed by atoms with van der Waals surface area (Å²) in [4.78, 5) is 12.7. The zero-order valence-corrected chi connectivity index (χ0v) is 11.9. The van der Waals surface area contributed by atoms with E-state index in [1.54, 1.807) is 18.2 Å². The lowest BCUT2D eigenvalue weighted by molar-refractivity contribution is -0.856. The van der Waals surface area contributed by atoms with Crippen LogP contribution in [0.1, 0.15) is 0 Å². The van der Waals surface area contributed by atoms with E-state index in [1.165, 1.54) is 4.90 Å². The van der Waals surface area contributed by atoms with Gasteiger partial charge in [0.25, 0.3) is 5.91 Å². The summed E-state index contributed by atoms with van der Waals surface area (Å²) in [7, 11) is 4.05. The van der Waals surface area contributed by atoms with Crippen molar-refractivity contribution in [2.24, 2.45) is 0 Å². The molecule has 2 N–H and O–H groups in total. The monoisotopic (exact) mass is 291 g/mol. The molecular formula is C12H17Cl2N2O2+. The zero-order chi connectivity index (χ0) is 13.5. The van der Waals surface area contributed by atoms with Crippen LogP contribution in [0.4, 0.5) is 0 Å². The minimum absolute atomic E-state index is 0.0515. The fourth-order valence-corrected chi connectivity index (χ4v) is 1.70. The first-order valence-corrected chi connectivity index (χ1v) is 6.38. The van der Waals surface area contributed by atoms with Crippen LogP contribution in [0, 0.1) is 0 Å². The summed E-state index contributed by atoms with van der Waals surface area (Å²) >= 11 is 11.7. The predicted octanol–water partition coefficient (Wildman–Crippen LogP) is 0.633. The number of carbonyl (C=O) groups is 1. The molecule has 1 aromatic carbocycles. The SMILES string of the molecule is C[NH+](C)CCNC(=O)COc1ccc(Cl)cc1Cl. The van der Waals surface area contributed by atoms with E-state index in [4.69, 9.17) is 27.9 Å². The van der Waals surface area contributed by atoms with Crippen LogP contribution in [0.5, 0.6) is 5.75 Å². The van der Waals surface area contributed by atoms with Gasteiger partial charge < -0.3 is 15.0 Å². The second-order valence-corrected chi connectivity index (χ2v) is 5.01. The van der Waals surface area contributed by atoms with Crippen molar-refractivity contribution in [3.05, 3.63) is 28.2 Å². The van der Waals surface area contributed by atoms with Crippen molar-refractivity contribution in [2.45, 2.75) is 0 Å². The molecular weight excluding hydrogens is 275 g/mol. The number of rotatable bonds is 6. The fourth-order valence-electron chi connectivity index (χ4n) is 1.24. The van der Waals surface area contributed by atoms with E-state index in [9.17, 15) is 4.79 Å². The topological polar surface area (TPSA) is 42.8 Å². The molecule has 100 valence electrons. The number of halogens is 2. The van der Waals surface area contributed by atoms with E-state index in [0.717, 1.165) is 6.54 Å². The molecule has 1 amide bonds. The number of likely N-dealkylation sites (N-methyl/N-ethyl adjacent to an activating group) is 1. The Bertz CT molecular complexity index is 411. The van der Waals surface area contributed by atoms with Crippen LogP contribution in [-0.2, 0) is 4.79 Å². The molecule has 6 heteroatoms. The Morgan fingerprint density at radius 2 is 2.11 bits per heavy atom. The van der Waals surface area contributed by atoms with Gasteiger partial charge in [-0.2, -0.15) is 0 Å². The summed E-state index contributed by atoms with van der Waals surface area (Å²) in [5.74, 6) is 0.289. The molecule has 0 saturated carbocycles. The highest BCUT2D eigenvalue weighted by molar-refractivity contribution is 6.35. The van der Waals surface area contributed by atoms with Crippen molar-refractivity contribution in [1.29, 1.82) is 0 Å². The minimum Gasteiger partial charge on any atom is -0.482 e. The first-order valence-electron chi connectivity index (χ1n) is 5.62. The number of benzene rings is 1. The van der Waals surface area contributed by atoms with Gasteiger partial charge in [0, 0.05) is 5.02 Å². The van der Waals surface area contributed by atoms with Gasteiger partial charge in [-0.3, -0.25) is 4.79 Å². The first kappa shape index (κ1) is 15.1. The Hall–Kier alpha value is -0.970. The van der Waals surface area contributed by atoms with Gasteiger partial charge in [0.2, 0.25) is 0 Å². The standard InChI is InChI=1S/C12H16Cl2N2O2/c1-16(2)6-5-15-12(17)8-18-11-4-3-9(13)7-10(11)14/h3-4,7H,5-6,8H2,1-2H3,(H,15,17)/p+1. The van der Waals surface area contributed by atoms with Crippen LogP contribution in [0.15, 0.2) is 18.2 Å². The number of ether oxygens (including phenoxy) is 1. The average molecular weight is 292 g/mol. The molecule has 18 heavy (non-hydrogen) atoms. The van der Waals surface area contributed by atoms with Crippen LogP contribution in [0.2, 0.25) is 10.0 Å². The Morgan fingerprint density at radius 1 is 1.39 bits per heavy atom. The Balaban J connectivity index is 2.33. The van der Waals surface area contributed by atoms with Crippen molar-refractivity contribution in [1.82, 2.24) is 5.32 Å². The van der Waals surface area contributed by atoms with Gasteiger partial charge in [0.15, 0.2) is 6.61 Å². The lowest BCUT2D eigenvalue weighted by atomic mass is 10.3. The van der Waals surface area contributed by atoms with Gasteiger partial charge in [-0.1, -0.05) is 23.2 Å². The highest BCUT2D eigenvalue weighted by Crippen LogP contribution is 2.27. The largest absolute Gasteiger partial charge is 0.482 e. The van der Waals surface area contributed by atoms with Crippen LogP contribution in [0.3, 0.4) is 0 Å². The van der Waals surface area contributed by atoms with Crippen molar-refractivity contribution in [2.75, 3.05) is 33.8 Å². The molecule has 0 bridgehead atoms. The number of hydrogen-bond donors (Lipinski definition) is 2. The number of nitrogens with one attached hydrogen (secondary N) is 2. The summed E-state index contributed by atoms with van der Waals surface area (Å²) < 4.78 is 5.30. The van der Waals surface area contributed by atoms with Crippen LogP contribution >= 0.6 is 23.2 Å². The molecule has 0 spiro atoms. The third-order valence-electron chi connectivity index (χ3n) is 2.20. The van der Waals surface area contributed by atoms with E-state index >= 15 is 0 Å². The predicted molar refractivity (Wildman–Crippen MR) is 72.6 cm³/mol. The summed E-state index contributed by atoms with van der Waals surface area (Å²) in [6.07, 6.45) is 0. The van der Waals surface area contributed by atoms with E-state index < -0.39 is 0 Å². The third kappa shape index (κ3) is 5.58. The molecule has 0 unspecified atom stereocenters. The maximum absolute atomic E-state index is 11.5. The van der Waals surface area contributed by atoms with Gasteiger partial charge in [0.05, 0.1) is 32.2 Å².